The van der Waals surface area contributed by atoms with Crippen molar-refractivity contribution < 1.29 is 13.7 Å². The molecule has 0 radical (unpaired) electrons. The SMILES string of the molecule is COC(=O)c1nc(Br)cnc1N1CCC2(CC1)Cc1ccccc1C2N[S@](=O)C(C)(C)C. The minimum Gasteiger partial charge on any atom is -0.464 e. The zero-order chi connectivity index (χ0) is 23.1. The van der Waals surface area contributed by atoms with E-state index >= 15 is 0 Å². The van der Waals surface area contributed by atoms with Crippen molar-refractivity contribution in [2.45, 2.75) is 50.8 Å². The average Bonchev–Trinajstić information content (AvgIpc) is 3.06. The van der Waals surface area contributed by atoms with Crippen LogP contribution in [-0.2, 0) is 22.1 Å². The lowest BCUT2D eigenvalue weighted by molar-refractivity contribution is 0.0593. The van der Waals surface area contributed by atoms with Crippen LogP contribution >= 0.6 is 15.9 Å². The van der Waals surface area contributed by atoms with Crippen LogP contribution < -0.4 is 9.62 Å². The van der Waals surface area contributed by atoms with Crippen LogP contribution in [0.5, 0.6) is 0 Å². The van der Waals surface area contributed by atoms with Gasteiger partial charge in [0.2, 0.25) is 0 Å². The summed E-state index contributed by atoms with van der Waals surface area (Å²) in [6.07, 6.45) is 4.33. The number of nitrogens with zero attached hydrogens (tertiary/aromatic N) is 3. The van der Waals surface area contributed by atoms with E-state index in [1.54, 1.807) is 6.20 Å². The van der Waals surface area contributed by atoms with Gasteiger partial charge in [0, 0.05) is 13.1 Å². The van der Waals surface area contributed by atoms with Gasteiger partial charge >= 0.3 is 5.97 Å². The number of fused-ring (bicyclic) bond motifs is 1. The highest BCUT2D eigenvalue weighted by atomic mass is 79.9. The molecule has 1 aliphatic carbocycles. The van der Waals surface area contributed by atoms with Crippen molar-refractivity contribution in [1.29, 1.82) is 0 Å². The van der Waals surface area contributed by atoms with Gasteiger partial charge in [0.15, 0.2) is 11.5 Å². The van der Waals surface area contributed by atoms with Gasteiger partial charge in [-0.1, -0.05) is 24.3 Å². The molecule has 0 saturated carbocycles. The highest BCUT2D eigenvalue weighted by molar-refractivity contribution is 9.10. The first-order valence-corrected chi connectivity index (χ1v) is 12.7. The van der Waals surface area contributed by atoms with Crippen LogP contribution in [0.4, 0.5) is 5.82 Å². The number of piperidine rings is 1. The molecular formula is C23H29BrN4O3S. The highest BCUT2D eigenvalue weighted by Gasteiger charge is 2.49. The summed E-state index contributed by atoms with van der Waals surface area (Å²) in [7, 11) is 0.175. The molecule has 0 amide bonds. The number of rotatable bonds is 4. The lowest BCUT2D eigenvalue weighted by atomic mass is 9.73. The number of ether oxygens (including phenoxy) is 1. The van der Waals surface area contributed by atoms with Crippen molar-refractivity contribution in [3.05, 3.63) is 51.9 Å². The van der Waals surface area contributed by atoms with Gasteiger partial charge in [-0.25, -0.2) is 23.7 Å². The number of aromatic nitrogens is 2. The van der Waals surface area contributed by atoms with E-state index in [4.69, 9.17) is 4.74 Å². The van der Waals surface area contributed by atoms with E-state index in [2.05, 4.69) is 59.8 Å². The number of carbonyl (C=O) groups is 1. The van der Waals surface area contributed by atoms with Crippen LogP contribution in [0.2, 0.25) is 0 Å². The fraction of sp³-hybridized carbons (Fsp3) is 0.522. The molecular weight excluding hydrogens is 492 g/mol. The normalized spacial score (nSPS) is 20.8. The van der Waals surface area contributed by atoms with Crippen molar-refractivity contribution in [1.82, 2.24) is 14.7 Å². The first kappa shape index (κ1) is 23.3. The summed E-state index contributed by atoms with van der Waals surface area (Å²) in [5, 5.41) is 0. The second-order valence-electron chi connectivity index (χ2n) is 9.51. The van der Waals surface area contributed by atoms with Gasteiger partial charge in [-0.2, -0.15) is 0 Å². The number of nitrogens with one attached hydrogen (secondary N) is 1. The standard InChI is InChI=1S/C23H29BrN4O3S/c1-22(2,3)32(30)27-19-16-8-6-5-7-15(16)13-23(19)9-11-28(12-10-23)20-18(21(29)31-4)26-17(24)14-25-20/h5-8,14,19,27H,9-13H2,1-4H3/t19?,32-/m1/s1. The number of carbonyl (C=O) groups excluding carboxylic acids is 1. The quantitative estimate of drug-likeness (QED) is 0.614. The highest BCUT2D eigenvalue weighted by Crippen LogP contribution is 2.52. The number of hydrogen-bond donors (Lipinski definition) is 1. The molecule has 9 heteroatoms. The zero-order valence-corrected chi connectivity index (χ0v) is 21.3. The predicted molar refractivity (Wildman–Crippen MR) is 129 cm³/mol. The Kier molecular flexibility index (Phi) is 6.44. The van der Waals surface area contributed by atoms with Crippen molar-refractivity contribution >= 4 is 38.7 Å². The number of methoxy groups -OCH3 is 1. The summed E-state index contributed by atoms with van der Waals surface area (Å²) in [5.74, 6) is 0.0515. The monoisotopic (exact) mass is 520 g/mol. The Morgan fingerprint density at radius 2 is 1.97 bits per heavy atom. The molecule has 1 aliphatic heterocycles. The topological polar surface area (TPSA) is 84.4 Å². The molecule has 2 heterocycles. The largest absolute Gasteiger partial charge is 0.464 e. The van der Waals surface area contributed by atoms with E-state index in [1.165, 1.54) is 18.2 Å². The molecule has 1 aromatic carbocycles. The van der Waals surface area contributed by atoms with Crippen LogP contribution in [0, 0.1) is 5.41 Å². The van der Waals surface area contributed by atoms with Crippen molar-refractivity contribution in [2.24, 2.45) is 5.41 Å². The molecule has 1 saturated heterocycles. The zero-order valence-electron chi connectivity index (χ0n) is 18.9. The number of esters is 1. The number of anilines is 1. The molecule has 0 bridgehead atoms. The van der Waals surface area contributed by atoms with Gasteiger partial charge in [0.25, 0.3) is 0 Å². The molecule has 1 spiro atoms. The first-order chi connectivity index (χ1) is 15.1. The summed E-state index contributed by atoms with van der Waals surface area (Å²) in [4.78, 5) is 23.2. The Hall–Kier alpha value is -1.84. The van der Waals surface area contributed by atoms with E-state index < -0.39 is 17.0 Å². The molecule has 2 aliphatic rings. The van der Waals surface area contributed by atoms with Gasteiger partial charge in [-0.05, 0) is 72.5 Å². The summed E-state index contributed by atoms with van der Waals surface area (Å²) >= 11 is 3.29. The fourth-order valence-electron chi connectivity index (χ4n) is 4.72. The summed E-state index contributed by atoms with van der Waals surface area (Å²) in [6.45, 7) is 7.44. The predicted octanol–water partition coefficient (Wildman–Crippen LogP) is 3.96. The van der Waals surface area contributed by atoms with Gasteiger partial charge in [-0.15, -0.1) is 0 Å². The van der Waals surface area contributed by atoms with Gasteiger partial charge in [-0.3, -0.25) is 0 Å². The molecule has 172 valence electrons. The van der Waals surface area contributed by atoms with E-state index in [9.17, 15) is 9.00 Å². The van der Waals surface area contributed by atoms with E-state index in [0.29, 0.717) is 10.4 Å². The van der Waals surface area contributed by atoms with Crippen LogP contribution in [0.3, 0.4) is 0 Å². The third kappa shape index (κ3) is 4.34. The molecule has 2 atom stereocenters. The molecule has 1 aromatic heterocycles. The second kappa shape index (κ2) is 8.83. The van der Waals surface area contributed by atoms with Crippen LogP contribution in [0.1, 0.15) is 61.3 Å². The van der Waals surface area contributed by atoms with Crippen molar-refractivity contribution in [3.63, 3.8) is 0 Å². The maximum Gasteiger partial charge on any atom is 0.360 e. The molecule has 7 nitrogen and oxygen atoms in total. The Labute approximate surface area is 200 Å². The molecule has 1 fully saturated rings. The van der Waals surface area contributed by atoms with Crippen LogP contribution in [-0.4, -0.2) is 45.1 Å². The summed E-state index contributed by atoms with van der Waals surface area (Å²) in [6, 6.07) is 8.49. The Morgan fingerprint density at radius 1 is 1.28 bits per heavy atom. The molecule has 1 unspecified atom stereocenters. The Balaban J connectivity index is 1.60. The van der Waals surface area contributed by atoms with E-state index in [0.717, 1.165) is 32.4 Å². The van der Waals surface area contributed by atoms with Crippen LogP contribution in [0.25, 0.3) is 0 Å². The number of benzene rings is 1. The lowest BCUT2D eigenvalue weighted by Gasteiger charge is -2.44. The molecule has 4 rings (SSSR count). The van der Waals surface area contributed by atoms with Crippen LogP contribution in [0.15, 0.2) is 35.1 Å². The van der Waals surface area contributed by atoms with Crippen molar-refractivity contribution in [3.8, 4) is 0 Å². The van der Waals surface area contributed by atoms with Crippen molar-refractivity contribution in [2.75, 3.05) is 25.1 Å². The summed E-state index contributed by atoms with van der Waals surface area (Å²) < 4.78 is 21.6. The van der Waals surface area contributed by atoms with E-state index in [-0.39, 0.29) is 21.9 Å². The third-order valence-corrected chi connectivity index (χ3v) is 8.41. The van der Waals surface area contributed by atoms with Gasteiger partial charge in [0.05, 0.1) is 35.1 Å². The molecule has 1 N–H and O–H groups in total. The maximum atomic E-state index is 13.0. The Bertz CT molecular complexity index is 1050. The smallest absolute Gasteiger partial charge is 0.360 e. The minimum absolute atomic E-state index is 0.0250. The first-order valence-electron chi connectivity index (χ1n) is 10.8. The van der Waals surface area contributed by atoms with Gasteiger partial charge in [0.1, 0.15) is 4.60 Å². The van der Waals surface area contributed by atoms with E-state index in [1.807, 2.05) is 20.8 Å². The fourth-order valence-corrected chi connectivity index (χ4v) is 5.94. The summed E-state index contributed by atoms with van der Waals surface area (Å²) in [5.41, 5.74) is 2.76. The Morgan fingerprint density at radius 3 is 2.62 bits per heavy atom. The van der Waals surface area contributed by atoms with Gasteiger partial charge < -0.3 is 9.64 Å². The minimum atomic E-state index is -1.17. The average molecular weight is 521 g/mol. The second-order valence-corrected chi connectivity index (χ2v) is 12.3. The number of hydrogen-bond acceptors (Lipinski definition) is 6. The third-order valence-electron chi connectivity index (χ3n) is 6.46. The molecule has 32 heavy (non-hydrogen) atoms. The maximum absolute atomic E-state index is 13.0. The molecule has 2 aromatic rings. The lowest BCUT2D eigenvalue weighted by Crippen LogP contribution is -2.48. The number of halogens is 1.